The van der Waals surface area contributed by atoms with Crippen LogP contribution in [0, 0.1) is 0 Å². The van der Waals surface area contributed by atoms with Crippen molar-refractivity contribution in [3.63, 3.8) is 0 Å². The zero-order chi connectivity index (χ0) is 12.3. The first-order valence-corrected chi connectivity index (χ1v) is 6.79. The molecule has 0 amide bonds. The van der Waals surface area contributed by atoms with Gasteiger partial charge in [0.15, 0.2) is 5.15 Å². The van der Waals surface area contributed by atoms with Crippen LogP contribution < -0.4 is 10.2 Å². The van der Waals surface area contributed by atoms with Gasteiger partial charge >= 0.3 is 0 Å². The van der Waals surface area contributed by atoms with Gasteiger partial charge in [-0.05, 0) is 6.07 Å². The smallest absolute Gasteiger partial charge is 0.283 e. The molecule has 17 heavy (non-hydrogen) atoms. The summed E-state index contributed by atoms with van der Waals surface area (Å²) in [6.45, 7) is 0. The molecule has 1 aromatic heterocycles. The van der Waals surface area contributed by atoms with Crippen molar-refractivity contribution in [1.82, 2.24) is 8.75 Å². The first kappa shape index (κ1) is 12.5. The van der Waals surface area contributed by atoms with Crippen molar-refractivity contribution in [3.8, 4) is 11.6 Å². The van der Waals surface area contributed by atoms with E-state index in [0.29, 0.717) is 11.1 Å². The first-order valence-electron chi connectivity index (χ1n) is 4.56. The summed E-state index contributed by atoms with van der Waals surface area (Å²) in [6, 6.07) is 7.35. The molecule has 0 bridgehead atoms. The predicted octanol–water partition coefficient (Wildman–Crippen LogP) is 3.24. The minimum absolute atomic E-state index is 0.0524. The van der Waals surface area contributed by atoms with Crippen molar-refractivity contribution < 1.29 is 4.74 Å². The molecule has 2 aromatic rings. The maximum absolute atomic E-state index is 11.6. The van der Waals surface area contributed by atoms with E-state index in [1.54, 1.807) is 6.07 Å². The summed E-state index contributed by atoms with van der Waals surface area (Å²) in [5.41, 5.74) is 0.418. The average molecular weight is 334 g/mol. The zero-order valence-corrected chi connectivity index (χ0v) is 11.6. The summed E-state index contributed by atoms with van der Waals surface area (Å²) in [5, 5.41) is 0.496. The minimum Gasteiger partial charge on any atom is -0.435 e. The lowest BCUT2D eigenvalue weighted by molar-refractivity contribution is 0.458. The normalized spacial score (nSPS) is 10.2. The van der Waals surface area contributed by atoms with Crippen LogP contribution in [0.4, 0.5) is 0 Å². The second kappa shape index (κ2) is 5.57. The van der Waals surface area contributed by atoms with Crippen LogP contribution in [-0.4, -0.2) is 8.75 Å². The first-order chi connectivity index (χ1) is 8.22. The van der Waals surface area contributed by atoms with E-state index in [9.17, 15) is 4.79 Å². The molecule has 88 valence electrons. The number of ether oxygens (including phenoxy) is 1. The van der Waals surface area contributed by atoms with Gasteiger partial charge in [0.2, 0.25) is 0 Å². The number of benzene rings is 1. The predicted molar refractivity (Wildman–Crippen MR) is 70.3 cm³/mol. The van der Waals surface area contributed by atoms with Crippen molar-refractivity contribution in [3.05, 3.63) is 45.2 Å². The lowest BCUT2D eigenvalue weighted by Gasteiger charge is -2.06. The maximum Gasteiger partial charge on any atom is 0.283 e. The van der Waals surface area contributed by atoms with Gasteiger partial charge < -0.3 is 4.74 Å². The summed E-state index contributed by atoms with van der Waals surface area (Å²) >= 11 is 9.79. The average Bonchev–Trinajstić information content (AvgIpc) is 2.35. The number of para-hydroxylation sites is 1. The number of halogens is 2. The fourth-order valence-corrected chi connectivity index (χ4v) is 2.17. The lowest BCUT2D eigenvalue weighted by Crippen LogP contribution is -2.08. The molecule has 0 aliphatic heterocycles. The number of rotatable bonds is 3. The number of hydrogen-bond donors (Lipinski definition) is 0. The fourth-order valence-electron chi connectivity index (χ4n) is 1.15. The van der Waals surface area contributed by atoms with Gasteiger partial charge in [-0.3, -0.25) is 4.79 Å². The highest BCUT2D eigenvalue weighted by Crippen LogP contribution is 2.24. The quantitative estimate of drug-likeness (QED) is 0.809. The molecular formula is C10H6BrClN2O2S. The molecule has 1 heterocycles. The second-order valence-corrected chi connectivity index (χ2v) is 4.48. The fraction of sp³-hybridized carbons (Fsp3) is 0.100. The van der Waals surface area contributed by atoms with E-state index in [-0.39, 0.29) is 11.0 Å². The van der Waals surface area contributed by atoms with Gasteiger partial charge in [-0.2, -0.15) is 4.37 Å². The molecule has 1 aromatic carbocycles. The van der Waals surface area contributed by atoms with Crippen LogP contribution in [0.2, 0.25) is 5.15 Å². The third kappa shape index (κ3) is 2.83. The molecule has 0 atom stereocenters. The third-order valence-corrected chi connectivity index (χ3v) is 3.42. The minimum atomic E-state index is -0.505. The van der Waals surface area contributed by atoms with Crippen molar-refractivity contribution in [2.24, 2.45) is 0 Å². The van der Waals surface area contributed by atoms with E-state index in [2.05, 4.69) is 24.7 Å². The van der Waals surface area contributed by atoms with Gasteiger partial charge in [0.25, 0.3) is 11.3 Å². The molecule has 4 nitrogen and oxygen atoms in total. The van der Waals surface area contributed by atoms with Gasteiger partial charge in [0.05, 0.1) is 11.7 Å². The molecule has 0 fully saturated rings. The van der Waals surface area contributed by atoms with Gasteiger partial charge in [0.1, 0.15) is 5.75 Å². The van der Waals surface area contributed by atoms with Gasteiger partial charge in [-0.25, -0.2) is 0 Å². The standard InChI is InChI=1S/C10H6BrClN2O2S/c11-5-6-3-1-2-4-7(6)16-10-8(15)9(12)13-17-14-10/h1-4H,5H2. The highest BCUT2D eigenvalue weighted by Gasteiger charge is 2.11. The molecular weight excluding hydrogens is 328 g/mol. The molecule has 0 unspecified atom stereocenters. The molecule has 0 spiro atoms. The van der Waals surface area contributed by atoms with Crippen LogP contribution in [0.5, 0.6) is 11.6 Å². The van der Waals surface area contributed by atoms with Crippen molar-refractivity contribution in [2.45, 2.75) is 5.33 Å². The number of alkyl halides is 1. The van der Waals surface area contributed by atoms with E-state index in [4.69, 9.17) is 16.3 Å². The summed E-state index contributed by atoms with van der Waals surface area (Å²) in [7, 11) is 0. The van der Waals surface area contributed by atoms with E-state index in [0.717, 1.165) is 17.3 Å². The van der Waals surface area contributed by atoms with Crippen LogP contribution in [0.25, 0.3) is 0 Å². The highest BCUT2D eigenvalue weighted by atomic mass is 79.9. The molecule has 0 saturated heterocycles. The van der Waals surface area contributed by atoms with Crippen molar-refractivity contribution in [2.75, 3.05) is 0 Å². The summed E-state index contributed by atoms with van der Waals surface area (Å²) < 4.78 is 12.9. The molecule has 2 rings (SSSR count). The Morgan fingerprint density at radius 3 is 2.88 bits per heavy atom. The monoisotopic (exact) mass is 332 g/mol. The summed E-state index contributed by atoms with van der Waals surface area (Å²) in [6.07, 6.45) is 0. The van der Waals surface area contributed by atoms with E-state index >= 15 is 0 Å². The van der Waals surface area contributed by atoms with E-state index < -0.39 is 5.43 Å². The van der Waals surface area contributed by atoms with Crippen LogP contribution >= 0.6 is 39.3 Å². The number of aromatic nitrogens is 2. The Labute approximate surface area is 115 Å². The van der Waals surface area contributed by atoms with Gasteiger partial charge in [-0.15, -0.1) is 4.37 Å². The van der Waals surface area contributed by atoms with E-state index in [1.807, 2.05) is 18.2 Å². The van der Waals surface area contributed by atoms with Crippen LogP contribution in [-0.2, 0) is 5.33 Å². The second-order valence-electron chi connectivity index (χ2n) is 3.03. The number of hydrogen-bond acceptors (Lipinski definition) is 5. The Kier molecular flexibility index (Phi) is 4.09. The Hall–Kier alpha value is -0.980. The van der Waals surface area contributed by atoms with Crippen molar-refractivity contribution >= 4 is 39.3 Å². The SMILES string of the molecule is O=c1c(Cl)nsnc1Oc1ccccc1CBr. The van der Waals surface area contributed by atoms with Crippen LogP contribution in [0.1, 0.15) is 5.56 Å². The largest absolute Gasteiger partial charge is 0.435 e. The Bertz CT molecular complexity index is 591. The van der Waals surface area contributed by atoms with Gasteiger partial charge in [-0.1, -0.05) is 45.7 Å². The van der Waals surface area contributed by atoms with E-state index in [1.165, 1.54) is 0 Å². The Morgan fingerprint density at radius 2 is 2.12 bits per heavy atom. The van der Waals surface area contributed by atoms with Crippen LogP contribution in [0.15, 0.2) is 29.1 Å². The highest BCUT2D eigenvalue weighted by molar-refractivity contribution is 9.08. The molecule has 0 saturated carbocycles. The molecule has 7 heteroatoms. The molecule has 0 radical (unpaired) electrons. The summed E-state index contributed by atoms with van der Waals surface area (Å²) in [5.74, 6) is 0.520. The molecule has 0 N–H and O–H groups in total. The topological polar surface area (TPSA) is 52.1 Å². The van der Waals surface area contributed by atoms with Crippen molar-refractivity contribution in [1.29, 1.82) is 0 Å². The molecule has 0 aliphatic rings. The molecule has 0 aliphatic carbocycles. The summed E-state index contributed by atoms with van der Waals surface area (Å²) in [4.78, 5) is 11.6. The maximum atomic E-state index is 11.6. The van der Waals surface area contributed by atoms with Crippen LogP contribution in [0.3, 0.4) is 0 Å². The Balaban J connectivity index is 2.38. The van der Waals surface area contributed by atoms with Gasteiger partial charge in [0, 0.05) is 10.9 Å². The zero-order valence-electron chi connectivity index (χ0n) is 8.39. The number of nitrogens with zero attached hydrogens (tertiary/aromatic N) is 2. The third-order valence-electron chi connectivity index (χ3n) is 1.95. The Morgan fingerprint density at radius 1 is 1.35 bits per heavy atom. The lowest BCUT2D eigenvalue weighted by atomic mass is 10.2.